The molecule has 1 aliphatic rings. The van der Waals surface area contributed by atoms with Crippen molar-refractivity contribution in [2.45, 2.75) is 25.6 Å². The van der Waals surface area contributed by atoms with Gasteiger partial charge in [-0.1, -0.05) is 66.7 Å². The fourth-order valence-electron chi connectivity index (χ4n) is 4.39. The quantitative estimate of drug-likeness (QED) is 0.429. The zero-order valence-electron chi connectivity index (χ0n) is 19.5. The van der Waals surface area contributed by atoms with E-state index in [-0.39, 0.29) is 11.7 Å². The van der Waals surface area contributed by atoms with Crippen LogP contribution in [-0.4, -0.2) is 31.7 Å². The maximum absolute atomic E-state index is 13.4. The van der Waals surface area contributed by atoms with Crippen molar-refractivity contribution in [3.05, 3.63) is 107 Å². The van der Waals surface area contributed by atoms with Crippen LogP contribution in [0.4, 0.5) is 0 Å². The Hall–Kier alpha value is -4.39. The monoisotopic (exact) mass is 467 g/mol. The van der Waals surface area contributed by atoms with Crippen molar-refractivity contribution < 1.29 is 19.4 Å². The van der Waals surface area contributed by atoms with Crippen LogP contribution >= 0.6 is 0 Å². The summed E-state index contributed by atoms with van der Waals surface area (Å²) in [6.07, 6.45) is 3.77. The number of carbonyl (C=O) groups excluding carboxylic acids is 1. The van der Waals surface area contributed by atoms with Crippen molar-refractivity contribution in [1.82, 2.24) is 14.7 Å². The van der Waals surface area contributed by atoms with Crippen LogP contribution in [0.25, 0.3) is 11.1 Å². The second kappa shape index (κ2) is 8.76. The van der Waals surface area contributed by atoms with Gasteiger partial charge in [0.2, 0.25) is 5.60 Å². The Morgan fingerprint density at radius 3 is 2.43 bits per heavy atom. The molecule has 1 amide bonds. The molecular weight excluding hydrogens is 442 g/mol. The number of carbonyl (C=O) groups is 2. The van der Waals surface area contributed by atoms with Crippen molar-refractivity contribution in [1.29, 1.82) is 0 Å². The molecule has 0 saturated carbocycles. The molecule has 0 aliphatic carbocycles. The van der Waals surface area contributed by atoms with Gasteiger partial charge in [0, 0.05) is 37.5 Å². The third-order valence-electron chi connectivity index (χ3n) is 6.39. The molecule has 1 aromatic heterocycles. The summed E-state index contributed by atoms with van der Waals surface area (Å²) in [5, 5.41) is 14.2. The van der Waals surface area contributed by atoms with Gasteiger partial charge >= 0.3 is 5.97 Å². The van der Waals surface area contributed by atoms with Crippen LogP contribution in [0.1, 0.15) is 34.0 Å². The lowest BCUT2D eigenvalue weighted by Gasteiger charge is -2.27. The zero-order chi connectivity index (χ0) is 24.6. The minimum atomic E-state index is -1.63. The Kier molecular flexibility index (Phi) is 5.61. The molecule has 0 saturated heterocycles. The third kappa shape index (κ3) is 4.17. The van der Waals surface area contributed by atoms with E-state index in [0.717, 1.165) is 22.3 Å². The molecule has 4 aromatic rings. The molecule has 2 heterocycles. The lowest BCUT2D eigenvalue weighted by molar-refractivity contribution is -0.154. The second-order valence-corrected chi connectivity index (χ2v) is 8.86. The molecule has 35 heavy (non-hydrogen) atoms. The molecule has 0 radical (unpaired) electrons. The number of hydrogen-bond acceptors (Lipinski definition) is 4. The summed E-state index contributed by atoms with van der Waals surface area (Å²) in [5.41, 5.74) is 3.20. The van der Waals surface area contributed by atoms with Crippen LogP contribution < -0.4 is 4.74 Å². The summed E-state index contributed by atoms with van der Waals surface area (Å²) in [6.45, 7) is 2.38. The molecule has 0 bridgehead atoms. The summed E-state index contributed by atoms with van der Waals surface area (Å²) < 4.78 is 7.83. The van der Waals surface area contributed by atoms with Crippen LogP contribution in [0, 0.1) is 0 Å². The third-order valence-corrected chi connectivity index (χ3v) is 6.39. The standard InChI is InChI=1S/C28H25N3O4/c1-28(27(33)34,23-8-4-3-5-9-23)35-24-10-6-7-21-18-31(26(32)25(21)24)16-19-11-13-20(14-12-19)22-15-29-30(2)17-22/h3-15,17H,16,18H2,1-2H3,(H,33,34). The van der Waals surface area contributed by atoms with Crippen molar-refractivity contribution in [3.8, 4) is 16.9 Å². The number of aliphatic carboxylic acids is 1. The fourth-order valence-corrected chi connectivity index (χ4v) is 4.39. The number of rotatable bonds is 7. The molecule has 3 aromatic carbocycles. The number of carboxylic acid groups (broad SMARTS) is 1. The van der Waals surface area contributed by atoms with Gasteiger partial charge in [-0.05, 0) is 29.7 Å². The average molecular weight is 468 g/mol. The van der Waals surface area contributed by atoms with Gasteiger partial charge in [0.15, 0.2) is 0 Å². The lowest BCUT2D eigenvalue weighted by Crippen LogP contribution is -2.39. The smallest absolute Gasteiger partial charge is 0.352 e. The number of benzene rings is 3. The molecule has 7 heteroatoms. The first kappa shape index (κ1) is 22.4. The van der Waals surface area contributed by atoms with Crippen molar-refractivity contribution in [2.75, 3.05) is 0 Å². The predicted octanol–water partition coefficient (Wildman–Crippen LogP) is 4.62. The van der Waals surface area contributed by atoms with Crippen LogP contribution in [-0.2, 0) is 30.5 Å². The topological polar surface area (TPSA) is 84.7 Å². The van der Waals surface area contributed by atoms with Gasteiger partial charge in [-0.2, -0.15) is 5.10 Å². The molecular formula is C28H25N3O4. The van der Waals surface area contributed by atoms with Gasteiger partial charge in [0.1, 0.15) is 5.75 Å². The summed E-state index contributed by atoms with van der Waals surface area (Å²) in [6, 6.07) is 22.2. The largest absolute Gasteiger partial charge is 0.478 e. The van der Waals surface area contributed by atoms with E-state index in [0.29, 0.717) is 24.2 Å². The first-order valence-electron chi connectivity index (χ1n) is 11.3. The van der Waals surface area contributed by atoms with Crippen LogP contribution in [0.3, 0.4) is 0 Å². The van der Waals surface area contributed by atoms with E-state index in [4.69, 9.17) is 4.74 Å². The van der Waals surface area contributed by atoms with E-state index in [1.54, 1.807) is 46.0 Å². The van der Waals surface area contributed by atoms with E-state index < -0.39 is 11.6 Å². The van der Waals surface area contributed by atoms with Crippen molar-refractivity contribution in [3.63, 3.8) is 0 Å². The summed E-state index contributed by atoms with van der Waals surface area (Å²) >= 11 is 0. The molecule has 176 valence electrons. The average Bonchev–Trinajstić information content (AvgIpc) is 3.43. The molecule has 5 rings (SSSR count). The minimum absolute atomic E-state index is 0.173. The highest BCUT2D eigenvalue weighted by Gasteiger charge is 2.40. The number of aryl methyl sites for hydroxylation is 1. The Morgan fingerprint density at radius 2 is 1.77 bits per heavy atom. The van der Waals surface area contributed by atoms with Crippen molar-refractivity contribution in [2.24, 2.45) is 7.05 Å². The summed E-state index contributed by atoms with van der Waals surface area (Å²) in [7, 11) is 1.88. The van der Waals surface area contributed by atoms with Crippen LogP contribution in [0.2, 0.25) is 0 Å². The summed E-state index contributed by atoms with van der Waals surface area (Å²) in [5.74, 6) is -1.03. The van der Waals surface area contributed by atoms with E-state index in [1.165, 1.54) is 6.92 Å². The Bertz CT molecular complexity index is 1400. The minimum Gasteiger partial charge on any atom is -0.478 e. The van der Waals surface area contributed by atoms with Crippen molar-refractivity contribution >= 4 is 11.9 Å². The van der Waals surface area contributed by atoms with Gasteiger partial charge in [0.25, 0.3) is 5.91 Å². The summed E-state index contributed by atoms with van der Waals surface area (Å²) in [4.78, 5) is 27.4. The maximum Gasteiger partial charge on any atom is 0.352 e. The number of aromatic nitrogens is 2. The second-order valence-electron chi connectivity index (χ2n) is 8.86. The van der Waals surface area contributed by atoms with Gasteiger partial charge in [0.05, 0.1) is 11.8 Å². The van der Waals surface area contributed by atoms with E-state index in [1.807, 2.05) is 55.8 Å². The van der Waals surface area contributed by atoms with Crippen LogP contribution in [0.5, 0.6) is 5.75 Å². The normalized spacial score (nSPS) is 14.5. The molecule has 1 N–H and O–H groups in total. The Balaban J connectivity index is 1.38. The number of carboxylic acids is 1. The van der Waals surface area contributed by atoms with Gasteiger partial charge in [-0.15, -0.1) is 0 Å². The number of fused-ring (bicyclic) bond motifs is 1. The van der Waals surface area contributed by atoms with E-state index in [9.17, 15) is 14.7 Å². The highest BCUT2D eigenvalue weighted by Crippen LogP contribution is 2.36. The number of hydrogen-bond donors (Lipinski definition) is 1. The highest BCUT2D eigenvalue weighted by molar-refractivity contribution is 6.01. The first-order valence-corrected chi connectivity index (χ1v) is 11.3. The van der Waals surface area contributed by atoms with Crippen LogP contribution in [0.15, 0.2) is 85.2 Å². The maximum atomic E-state index is 13.4. The molecule has 0 fully saturated rings. The Morgan fingerprint density at radius 1 is 1.03 bits per heavy atom. The number of nitrogens with zero attached hydrogens (tertiary/aromatic N) is 3. The predicted molar refractivity (Wildman–Crippen MR) is 131 cm³/mol. The molecule has 1 unspecified atom stereocenters. The van der Waals surface area contributed by atoms with E-state index in [2.05, 4.69) is 5.10 Å². The van der Waals surface area contributed by atoms with Gasteiger partial charge in [-0.3, -0.25) is 9.48 Å². The molecule has 0 spiro atoms. The van der Waals surface area contributed by atoms with Gasteiger partial charge < -0.3 is 14.7 Å². The lowest BCUT2D eigenvalue weighted by atomic mass is 9.95. The van der Waals surface area contributed by atoms with E-state index >= 15 is 0 Å². The highest BCUT2D eigenvalue weighted by atomic mass is 16.5. The molecule has 1 aliphatic heterocycles. The Labute approximate surface area is 203 Å². The zero-order valence-corrected chi connectivity index (χ0v) is 19.5. The molecule has 1 atom stereocenters. The number of amides is 1. The first-order chi connectivity index (χ1) is 16.8. The van der Waals surface area contributed by atoms with Gasteiger partial charge in [-0.25, -0.2) is 4.79 Å². The SMILES string of the molecule is Cn1cc(-c2ccc(CN3Cc4cccc(OC(C)(C(=O)O)c5ccccc5)c4C3=O)cc2)cn1. The number of ether oxygens (including phenoxy) is 1. The molecule has 7 nitrogen and oxygen atoms in total. The fraction of sp³-hybridized carbons (Fsp3) is 0.179.